The van der Waals surface area contributed by atoms with Crippen LogP contribution >= 0.6 is 0 Å². The number of hydrogen-bond acceptors (Lipinski definition) is 2. The Kier molecular flexibility index (Phi) is 2.93. The molecule has 0 aromatic heterocycles. The minimum Gasteiger partial charge on any atom is -0.316 e. The summed E-state index contributed by atoms with van der Waals surface area (Å²) in [4.78, 5) is 2.66. The van der Waals surface area contributed by atoms with Gasteiger partial charge in [0.2, 0.25) is 0 Å². The fourth-order valence-electron chi connectivity index (χ4n) is 3.54. The third kappa shape index (κ3) is 2.24. The minimum atomic E-state index is 0.578. The molecule has 1 N–H and O–H groups in total. The molecule has 0 radical (unpaired) electrons. The van der Waals surface area contributed by atoms with Crippen LogP contribution in [0.5, 0.6) is 0 Å². The molecule has 2 unspecified atom stereocenters. The third-order valence-electron chi connectivity index (χ3n) is 4.45. The van der Waals surface area contributed by atoms with Gasteiger partial charge in [0.15, 0.2) is 0 Å². The molecule has 2 fully saturated rings. The van der Waals surface area contributed by atoms with Crippen molar-refractivity contribution in [2.45, 2.75) is 32.4 Å². The summed E-state index contributed by atoms with van der Waals surface area (Å²) in [5, 5.41) is 3.53. The molecule has 92 valence electrons. The molecular weight excluding hydrogens is 208 g/mol. The highest BCUT2D eigenvalue weighted by atomic mass is 15.2. The molecular formula is C15H22N2. The van der Waals surface area contributed by atoms with Gasteiger partial charge in [0, 0.05) is 25.7 Å². The summed E-state index contributed by atoms with van der Waals surface area (Å²) in [6.07, 6.45) is 2.73. The van der Waals surface area contributed by atoms with E-state index in [2.05, 4.69) is 47.5 Å². The Morgan fingerprint density at radius 1 is 1.35 bits per heavy atom. The lowest BCUT2D eigenvalue weighted by atomic mass is 9.85. The van der Waals surface area contributed by atoms with Crippen molar-refractivity contribution in [1.82, 2.24) is 10.2 Å². The normalized spacial score (nSPS) is 33.6. The second-order valence-corrected chi connectivity index (χ2v) is 5.87. The van der Waals surface area contributed by atoms with E-state index in [0.717, 1.165) is 12.6 Å². The van der Waals surface area contributed by atoms with E-state index in [-0.39, 0.29) is 0 Å². The van der Waals surface area contributed by atoms with Crippen LogP contribution in [0, 0.1) is 5.41 Å². The van der Waals surface area contributed by atoms with Gasteiger partial charge >= 0.3 is 0 Å². The molecule has 17 heavy (non-hydrogen) atoms. The maximum atomic E-state index is 3.53. The Hall–Kier alpha value is -0.860. The third-order valence-corrected chi connectivity index (χ3v) is 4.45. The van der Waals surface area contributed by atoms with Gasteiger partial charge in [0.1, 0.15) is 0 Å². The summed E-state index contributed by atoms with van der Waals surface area (Å²) in [7, 11) is 0. The first kappa shape index (κ1) is 11.2. The van der Waals surface area contributed by atoms with Crippen LogP contribution in [0.15, 0.2) is 30.3 Å². The van der Waals surface area contributed by atoms with Crippen LogP contribution in [0.3, 0.4) is 0 Å². The van der Waals surface area contributed by atoms with Gasteiger partial charge < -0.3 is 5.32 Å². The Balaban J connectivity index is 1.68. The molecule has 1 spiro atoms. The van der Waals surface area contributed by atoms with E-state index in [0.29, 0.717) is 5.41 Å². The minimum absolute atomic E-state index is 0.578. The van der Waals surface area contributed by atoms with Gasteiger partial charge in [-0.1, -0.05) is 30.3 Å². The SMILES string of the molecule is CC1CC2(CCNC2)CN1Cc1ccccc1. The van der Waals surface area contributed by atoms with Gasteiger partial charge in [0.25, 0.3) is 0 Å². The summed E-state index contributed by atoms with van der Waals surface area (Å²) in [6.45, 7) is 7.21. The maximum absolute atomic E-state index is 3.53. The first-order chi connectivity index (χ1) is 8.27. The molecule has 2 aliphatic rings. The van der Waals surface area contributed by atoms with Crippen molar-refractivity contribution in [1.29, 1.82) is 0 Å². The van der Waals surface area contributed by atoms with E-state index >= 15 is 0 Å². The molecule has 0 saturated carbocycles. The highest BCUT2D eigenvalue weighted by Crippen LogP contribution is 2.40. The molecule has 0 bridgehead atoms. The maximum Gasteiger partial charge on any atom is 0.0236 e. The zero-order chi connectivity index (χ0) is 11.7. The molecule has 2 heterocycles. The molecule has 2 heteroatoms. The summed E-state index contributed by atoms with van der Waals surface area (Å²) >= 11 is 0. The fourth-order valence-corrected chi connectivity index (χ4v) is 3.54. The van der Waals surface area contributed by atoms with Crippen LogP contribution in [0.25, 0.3) is 0 Å². The predicted molar refractivity (Wildman–Crippen MR) is 70.9 cm³/mol. The van der Waals surface area contributed by atoms with Crippen LogP contribution in [0.1, 0.15) is 25.3 Å². The molecule has 2 nitrogen and oxygen atoms in total. The van der Waals surface area contributed by atoms with E-state index in [1.165, 1.54) is 38.0 Å². The van der Waals surface area contributed by atoms with Crippen molar-refractivity contribution in [2.24, 2.45) is 5.41 Å². The van der Waals surface area contributed by atoms with Gasteiger partial charge in [-0.3, -0.25) is 4.90 Å². The number of benzene rings is 1. The monoisotopic (exact) mass is 230 g/mol. The number of likely N-dealkylation sites (tertiary alicyclic amines) is 1. The largest absolute Gasteiger partial charge is 0.316 e. The standard InChI is InChI=1S/C15H22N2/c1-13-9-15(7-8-16-11-15)12-17(13)10-14-5-3-2-4-6-14/h2-6,13,16H,7-12H2,1H3. The highest BCUT2D eigenvalue weighted by Gasteiger charge is 2.43. The summed E-state index contributed by atoms with van der Waals surface area (Å²) in [5.41, 5.74) is 2.02. The average molecular weight is 230 g/mol. The Labute approximate surface area is 104 Å². The van der Waals surface area contributed by atoms with Gasteiger partial charge in [-0.15, -0.1) is 0 Å². The molecule has 3 rings (SSSR count). The van der Waals surface area contributed by atoms with Crippen molar-refractivity contribution in [3.8, 4) is 0 Å². The van der Waals surface area contributed by atoms with Crippen molar-refractivity contribution < 1.29 is 0 Å². The van der Waals surface area contributed by atoms with Crippen molar-refractivity contribution in [3.63, 3.8) is 0 Å². The molecule has 1 aromatic rings. The van der Waals surface area contributed by atoms with Gasteiger partial charge in [0.05, 0.1) is 0 Å². The molecule has 0 amide bonds. The summed E-state index contributed by atoms with van der Waals surface area (Å²) in [5.74, 6) is 0. The lowest BCUT2D eigenvalue weighted by Crippen LogP contribution is -2.30. The van der Waals surface area contributed by atoms with Crippen LogP contribution in [0.2, 0.25) is 0 Å². The van der Waals surface area contributed by atoms with Crippen LogP contribution < -0.4 is 5.32 Å². The molecule has 2 aliphatic heterocycles. The zero-order valence-electron chi connectivity index (χ0n) is 10.7. The van der Waals surface area contributed by atoms with Crippen LogP contribution in [0.4, 0.5) is 0 Å². The van der Waals surface area contributed by atoms with E-state index < -0.39 is 0 Å². The second kappa shape index (κ2) is 4.43. The Bertz CT molecular complexity index is 368. The smallest absolute Gasteiger partial charge is 0.0236 e. The molecule has 1 aromatic carbocycles. The number of hydrogen-bond donors (Lipinski definition) is 1. The van der Waals surface area contributed by atoms with Crippen molar-refractivity contribution in [3.05, 3.63) is 35.9 Å². The van der Waals surface area contributed by atoms with Gasteiger partial charge in [-0.25, -0.2) is 0 Å². The lowest BCUT2D eigenvalue weighted by molar-refractivity contribution is 0.238. The second-order valence-electron chi connectivity index (χ2n) is 5.87. The first-order valence-corrected chi connectivity index (χ1v) is 6.76. The fraction of sp³-hybridized carbons (Fsp3) is 0.600. The first-order valence-electron chi connectivity index (χ1n) is 6.76. The van der Waals surface area contributed by atoms with E-state index in [1.807, 2.05) is 0 Å². The quantitative estimate of drug-likeness (QED) is 0.838. The molecule has 2 atom stereocenters. The number of nitrogens with one attached hydrogen (secondary N) is 1. The Morgan fingerprint density at radius 2 is 2.18 bits per heavy atom. The van der Waals surface area contributed by atoms with Gasteiger partial charge in [-0.2, -0.15) is 0 Å². The van der Waals surface area contributed by atoms with E-state index in [1.54, 1.807) is 0 Å². The zero-order valence-corrected chi connectivity index (χ0v) is 10.7. The summed E-state index contributed by atoms with van der Waals surface area (Å²) in [6, 6.07) is 11.6. The van der Waals surface area contributed by atoms with E-state index in [9.17, 15) is 0 Å². The molecule has 2 saturated heterocycles. The number of nitrogens with zero attached hydrogens (tertiary/aromatic N) is 1. The Morgan fingerprint density at radius 3 is 2.88 bits per heavy atom. The number of rotatable bonds is 2. The average Bonchev–Trinajstić information content (AvgIpc) is 2.89. The van der Waals surface area contributed by atoms with Gasteiger partial charge in [-0.05, 0) is 37.3 Å². The molecule has 0 aliphatic carbocycles. The summed E-state index contributed by atoms with van der Waals surface area (Å²) < 4.78 is 0. The van der Waals surface area contributed by atoms with E-state index in [4.69, 9.17) is 0 Å². The van der Waals surface area contributed by atoms with Crippen LogP contribution in [-0.4, -0.2) is 30.6 Å². The lowest BCUT2D eigenvalue weighted by Gasteiger charge is -2.23. The predicted octanol–water partition coefficient (Wildman–Crippen LogP) is 2.26. The van der Waals surface area contributed by atoms with Crippen molar-refractivity contribution in [2.75, 3.05) is 19.6 Å². The highest BCUT2D eigenvalue weighted by molar-refractivity contribution is 5.15. The topological polar surface area (TPSA) is 15.3 Å². The van der Waals surface area contributed by atoms with Crippen LogP contribution in [-0.2, 0) is 6.54 Å². The van der Waals surface area contributed by atoms with Crippen molar-refractivity contribution >= 4 is 0 Å².